The third kappa shape index (κ3) is 5.03. The Balaban J connectivity index is 1.22. The molecule has 9 heteroatoms. The van der Waals surface area contributed by atoms with E-state index in [4.69, 9.17) is 11.6 Å². The average Bonchev–Trinajstić information content (AvgIpc) is 3.37. The van der Waals surface area contributed by atoms with Gasteiger partial charge < -0.3 is 5.32 Å². The Hall–Kier alpha value is -2.26. The monoisotopic (exact) mass is 529 g/mol. The summed E-state index contributed by atoms with van der Waals surface area (Å²) in [5.74, 6) is -0.00419. The number of carbonyl (C=O) groups excluding carboxylic acids is 1. The van der Waals surface area contributed by atoms with E-state index in [0.717, 1.165) is 29.8 Å². The number of nitrogens with zero attached hydrogens (tertiary/aromatic N) is 2. The third-order valence-electron chi connectivity index (χ3n) is 7.01. The van der Waals surface area contributed by atoms with E-state index in [-0.39, 0.29) is 22.8 Å². The van der Waals surface area contributed by atoms with Crippen molar-refractivity contribution < 1.29 is 13.2 Å². The molecular formula is C26H28ClN3O3S2. The largest absolute Gasteiger partial charge is 0.344 e. The Morgan fingerprint density at radius 1 is 1.14 bits per heavy atom. The van der Waals surface area contributed by atoms with Crippen LogP contribution in [-0.4, -0.2) is 36.7 Å². The maximum atomic E-state index is 13.1. The molecule has 1 unspecified atom stereocenters. The molecule has 2 heterocycles. The molecule has 1 amide bonds. The molecule has 0 saturated carbocycles. The molecule has 1 aliphatic heterocycles. The topological polar surface area (TPSA) is 79.4 Å². The first-order valence-electron chi connectivity index (χ1n) is 11.9. The fourth-order valence-electron chi connectivity index (χ4n) is 4.94. The van der Waals surface area contributed by atoms with Crippen LogP contribution in [-0.2, 0) is 16.4 Å². The predicted octanol–water partition coefficient (Wildman–Crippen LogP) is 5.48. The predicted molar refractivity (Wildman–Crippen MR) is 139 cm³/mol. The summed E-state index contributed by atoms with van der Waals surface area (Å²) >= 11 is 7.64. The highest BCUT2D eigenvalue weighted by Gasteiger charge is 2.32. The zero-order valence-electron chi connectivity index (χ0n) is 19.5. The van der Waals surface area contributed by atoms with Crippen LogP contribution in [0.4, 0.5) is 0 Å². The van der Waals surface area contributed by atoms with Gasteiger partial charge in [-0.25, -0.2) is 13.4 Å². The highest BCUT2D eigenvalue weighted by atomic mass is 35.5. The number of hydrogen-bond donors (Lipinski definition) is 1. The lowest BCUT2D eigenvalue weighted by atomic mass is 9.88. The lowest BCUT2D eigenvalue weighted by molar-refractivity contribution is 0.0928. The van der Waals surface area contributed by atoms with Crippen LogP contribution in [0.25, 0.3) is 0 Å². The van der Waals surface area contributed by atoms with Crippen molar-refractivity contribution in [1.82, 2.24) is 14.6 Å². The van der Waals surface area contributed by atoms with Gasteiger partial charge in [0.1, 0.15) is 5.69 Å². The molecule has 1 saturated heterocycles. The quantitative estimate of drug-likeness (QED) is 0.474. The van der Waals surface area contributed by atoms with Gasteiger partial charge in [-0.3, -0.25) is 4.79 Å². The molecule has 6 nitrogen and oxygen atoms in total. The van der Waals surface area contributed by atoms with Gasteiger partial charge in [-0.05, 0) is 67.9 Å². The lowest BCUT2D eigenvalue weighted by Gasteiger charge is -2.30. The first-order chi connectivity index (χ1) is 16.8. The highest BCUT2D eigenvalue weighted by Crippen LogP contribution is 2.34. The van der Waals surface area contributed by atoms with Crippen molar-refractivity contribution >= 4 is 38.9 Å². The van der Waals surface area contributed by atoms with Crippen molar-refractivity contribution in [3.05, 3.63) is 80.3 Å². The molecule has 1 atom stereocenters. The zero-order valence-corrected chi connectivity index (χ0v) is 21.9. The molecule has 0 bridgehead atoms. The minimum absolute atomic E-state index is 0.0151. The van der Waals surface area contributed by atoms with Gasteiger partial charge in [0.2, 0.25) is 10.0 Å². The molecule has 2 aromatic carbocycles. The summed E-state index contributed by atoms with van der Waals surface area (Å²) in [6, 6.07) is 13.2. The van der Waals surface area contributed by atoms with Crippen LogP contribution >= 0.6 is 22.9 Å². The maximum absolute atomic E-state index is 13.1. The Morgan fingerprint density at radius 2 is 1.91 bits per heavy atom. The van der Waals surface area contributed by atoms with Gasteiger partial charge in [0.15, 0.2) is 0 Å². The van der Waals surface area contributed by atoms with Gasteiger partial charge in [-0.1, -0.05) is 41.9 Å². The van der Waals surface area contributed by atoms with Gasteiger partial charge in [-0.2, -0.15) is 4.31 Å². The van der Waals surface area contributed by atoms with Crippen molar-refractivity contribution in [1.29, 1.82) is 0 Å². The van der Waals surface area contributed by atoms with Crippen LogP contribution in [0.1, 0.15) is 69.8 Å². The molecule has 1 aliphatic carbocycles. The van der Waals surface area contributed by atoms with Gasteiger partial charge in [0, 0.05) is 29.4 Å². The van der Waals surface area contributed by atoms with Gasteiger partial charge in [0.05, 0.1) is 15.9 Å². The number of amides is 1. The molecule has 1 aromatic heterocycles. The lowest BCUT2D eigenvalue weighted by Crippen LogP contribution is -2.38. The molecular weight excluding hydrogens is 502 g/mol. The van der Waals surface area contributed by atoms with E-state index in [0.29, 0.717) is 36.6 Å². The Bertz CT molecular complexity index is 1350. The standard InChI is InChI=1S/C26H28ClN3O3S2/c1-17-9-10-20(15-22(17)27)35(32,33)30-13-11-19(12-14-30)26-29-24(16-34-26)25(31)28-23-8-4-6-18-5-2-3-7-21(18)23/h2-3,5,7,9-10,15-16,19,23H,4,6,8,11-14H2,1H3,(H,28,31). The van der Waals surface area contributed by atoms with E-state index in [1.807, 2.05) is 24.4 Å². The number of nitrogens with one attached hydrogen (secondary N) is 1. The number of benzene rings is 2. The van der Waals surface area contributed by atoms with Crippen molar-refractivity contribution in [2.75, 3.05) is 13.1 Å². The second-order valence-corrected chi connectivity index (χ2v) is 12.5. The molecule has 184 valence electrons. The average molecular weight is 530 g/mol. The SMILES string of the molecule is Cc1ccc(S(=O)(=O)N2CCC(c3nc(C(=O)NC4CCCc5ccccc54)cs3)CC2)cc1Cl. The number of piperidine rings is 1. The van der Waals surface area contributed by atoms with Crippen molar-refractivity contribution in [3.63, 3.8) is 0 Å². The normalized spacial score (nSPS) is 19.3. The van der Waals surface area contributed by atoms with Crippen molar-refractivity contribution in [2.45, 2.75) is 55.9 Å². The van der Waals surface area contributed by atoms with E-state index >= 15 is 0 Å². The molecule has 3 aromatic rings. The van der Waals surface area contributed by atoms with Gasteiger partial charge in [-0.15, -0.1) is 11.3 Å². The van der Waals surface area contributed by atoms with Crippen LogP contribution in [0.5, 0.6) is 0 Å². The summed E-state index contributed by atoms with van der Waals surface area (Å²) < 4.78 is 27.7. The molecule has 1 N–H and O–H groups in total. The summed E-state index contributed by atoms with van der Waals surface area (Å²) in [7, 11) is -3.59. The van der Waals surface area contributed by atoms with Crippen molar-refractivity contribution in [3.8, 4) is 0 Å². The second kappa shape index (κ2) is 10.0. The zero-order chi connectivity index (χ0) is 24.6. The second-order valence-electron chi connectivity index (χ2n) is 9.28. The first-order valence-corrected chi connectivity index (χ1v) is 14.6. The number of thiazole rings is 1. The number of halogens is 1. The minimum atomic E-state index is -3.59. The number of rotatable bonds is 5. The Labute approximate surface area is 215 Å². The van der Waals surface area contributed by atoms with Gasteiger partial charge in [0.25, 0.3) is 5.91 Å². The number of aromatic nitrogens is 1. The van der Waals surface area contributed by atoms with Crippen LogP contribution < -0.4 is 5.32 Å². The smallest absolute Gasteiger partial charge is 0.271 e. The van der Waals surface area contributed by atoms with E-state index in [2.05, 4.69) is 22.4 Å². The molecule has 35 heavy (non-hydrogen) atoms. The number of carbonyl (C=O) groups is 1. The number of hydrogen-bond acceptors (Lipinski definition) is 5. The highest BCUT2D eigenvalue weighted by molar-refractivity contribution is 7.89. The molecule has 0 spiro atoms. The molecule has 0 radical (unpaired) electrons. The fourth-order valence-corrected chi connectivity index (χ4v) is 7.65. The Morgan fingerprint density at radius 3 is 2.69 bits per heavy atom. The van der Waals surface area contributed by atoms with E-state index in [9.17, 15) is 13.2 Å². The summed E-state index contributed by atoms with van der Waals surface area (Å²) in [6.07, 6.45) is 4.38. The molecule has 2 aliphatic rings. The summed E-state index contributed by atoms with van der Waals surface area (Å²) in [5.41, 5.74) is 3.79. The first kappa shape index (κ1) is 24.4. The van der Waals surface area contributed by atoms with E-state index < -0.39 is 10.0 Å². The summed E-state index contributed by atoms with van der Waals surface area (Å²) in [6.45, 7) is 2.68. The van der Waals surface area contributed by atoms with Gasteiger partial charge >= 0.3 is 0 Å². The summed E-state index contributed by atoms with van der Waals surface area (Å²) in [4.78, 5) is 17.8. The maximum Gasteiger partial charge on any atom is 0.271 e. The van der Waals surface area contributed by atoms with E-state index in [1.54, 1.807) is 12.1 Å². The van der Waals surface area contributed by atoms with Crippen LogP contribution in [0, 0.1) is 6.92 Å². The molecule has 1 fully saturated rings. The minimum Gasteiger partial charge on any atom is -0.344 e. The molecule has 5 rings (SSSR count). The fraction of sp³-hybridized carbons (Fsp3) is 0.385. The number of fused-ring (bicyclic) bond motifs is 1. The van der Waals surface area contributed by atoms with E-state index in [1.165, 1.54) is 32.8 Å². The Kier molecular flexibility index (Phi) is 6.99. The number of sulfonamides is 1. The van der Waals surface area contributed by atoms with Crippen LogP contribution in [0.15, 0.2) is 52.7 Å². The third-order valence-corrected chi connectivity index (χ3v) is 10.3. The van der Waals surface area contributed by atoms with Crippen LogP contribution in [0.2, 0.25) is 5.02 Å². The summed E-state index contributed by atoms with van der Waals surface area (Å²) in [5, 5.41) is 6.33. The van der Waals surface area contributed by atoms with Crippen molar-refractivity contribution in [2.24, 2.45) is 0 Å². The van der Waals surface area contributed by atoms with Crippen LogP contribution in [0.3, 0.4) is 0 Å². The number of aryl methyl sites for hydroxylation is 2.